The summed E-state index contributed by atoms with van der Waals surface area (Å²) < 4.78 is 20.9. The second-order valence-electron chi connectivity index (χ2n) is 12.7. The molecule has 0 unspecified atom stereocenters. The molecule has 0 saturated heterocycles. The smallest absolute Gasteiger partial charge is 0.254 e. The number of fused-ring (bicyclic) bond motifs is 1. The number of aliphatic hydroxyl groups excluding tert-OH is 1. The zero-order chi connectivity index (χ0) is 29.2. The predicted octanol–water partition coefficient (Wildman–Crippen LogP) is 6.20. The fraction of sp³-hybridized carbons (Fsp3) is 0.455. The third-order valence-corrected chi connectivity index (χ3v) is 8.26. The lowest BCUT2D eigenvalue weighted by Gasteiger charge is -2.47. The molecule has 3 aromatic rings. The van der Waals surface area contributed by atoms with Gasteiger partial charge >= 0.3 is 0 Å². The van der Waals surface area contributed by atoms with Crippen LogP contribution >= 0.6 is 11.6 Å². The lowest BCUT2D eigenvalue weighted by molar-refractivity contribution is -0.0421. The van der Waals surface area contributed by atoms with Gasteiger partial charge in [-0.15, -0.1) is 0 Å². The molecule has 6 nitrogen and oxygen atoms in total. The first kappa shape index (κ1) is 29.5. The van der Waals surface area contributed by atoms with Crippen LogP contribution in [0, 0.1) is 11.2 Å². The second-order valence-corrected chi connectivity index (χ2v) is 13.2. The summed E-state index contributed by atoms with van der Waals surface area (Å²) in [4.78, 5) is 17.8. The molecule has 1 fully saturated rings. The minimum atomic E-state index is -0.948. The van der Waals surface area contributed by atoms with E-state index in [-0.39, 0.29) is 34.2 Å². The van der Waals surface area contributed by atoms with Crippen LogP contribution in [-0.2, 0) is 12.8 Å². The van der Waals surface area contributed by atoms with Crippen molar-refractivity contribution in [1.29, 1.82) is 0 Å². The van der Waals surface area contributed by atoms with Crippen LogP contribution in [0.1, 0.15) is 79.5 Å². The van der Waals surface area contributed by atoms with Crippen LogP contribution in [0.2, 0.25) is 5.02 Å². The molecule has 0 bridgehead atoms. The average molecular weight is 580 g/mol. The van der Waals surface area contributed by atoms with Gasteiger partial charge in [0.25, 0.3) is 5.91 Å². The number of carbonyl (C=O) groups is 1. The zero-order valence-corrected chi connectivity index (χ0v) is 24.7. The summed E-state index contributed by atoms with van der Waals surface area (Å²) in [6.45, 7) is 6.83. The summed E-state index contributed by atoms with van der Waals surface area (Å²) in [6, 6.07) is 14.9. The number of hydrogen-bond acceptors (Lipinski definition) is 5. The first-order chi connectivity index (χ1) is 19.5. The Kier molecular flexibility index (Phi) is 8.69. The third kappa shape index (κ3) is 7.26. The maximum absolute atomic E-state index is 14.5. The molecule has 2 heterocycles. The van der Waals surface area contributed by atoms with Crippen LogP contribution in [0.4, 0.5) is 4.39 Å². The number of nitrogens with one attached hydrogen (secondary N) is 2. The first-order valence-electron chi connectivity index (χ1n) is 14.4. The van der Waals surface area contributed by atoms with Gasteiger partial charge in [-0.25, -0.2) is 9.37 Å². The molecule has 1 aromatic heterocycles. The van der Waals surface area contributed by atoms with Crippen molar-refractivity contribution in [3.05, 3.63) is 93.9 Å². The highest BCUT2D eigenvalue weighted by Crippen LogP contribution is 2.48. The molecule has 1 saturated carbocycles. The van der Waals surface area contributed by atoms with Crippen molar-refractivity contribution in [2.75, 3.05) is 6.54 Å². The predicted molar refractivity (Wildman–Crippen MR) is 159 cm³/mol. The molecule has 1 aliphatic heterocycles. The lowest BCUT2D eigenvalue weighted by atomic mass is 9.73. The number of rotatable bonds is 9. The van der Waals surface area contributed by atoms with Crippen molar-refractivity contribution in [3.8, 4) is 5.88 Å². The Morgan fingerprint density at radius 1 is 1.17 bits per heavy atom. The second kappa shape index (κ2) is 12.1. The van der Waals surface area contributed by atoms with Crippen LogP contribution in [0.5, 0.6) is 5.88 Å². The number of pyridine rings is 1. The van der Waals surface area contributed by atoms with E-state index in [0.29, 0.717) is 12.3 Å². The standard InChI is InChI=1S/C33H39ClFN3O3/c1-32(2,3)17-22-14-25-28(18-33(12-7-13-33)41-31(25)37-19-22)36-20-29(39)27(15-21-8-5-4-6-9-21)38-30(40)24-16-23(34)10-11-26(24)35/h4-6,8-11,14,16,19,27-29,36,39H,7,12-13,15,17-18,20H2,1-3H3,(H,38,40)/t27-,28-,29+/m0/s1. The van der Waals surface area contributed by atoms with Crippen LogP contribution < -0.4 is 15.4 Å². The molecule has 3 N–H and O–H groups in total. The van der Waals surface area contributed by atoms with E-state index in [2.05, 4.69) is 37.5 Å². The van der Waals surface area contributed by atoms with Crippen molar-refractivity contribution in [3.63, 3.8) is 0 Å². The van der Waals surface area contributed by atoms with Crippen LogP contribution in [0.3, 0.4) is 0 Å². The van der Waals surface area contributed by atoms with Gasteiger partial charge in [-0.1, -0.05) is 62.7 Å². The van der Waals surface area contributed by atoms with E-state index in [4.69, 9.17) is 21.3 Å². The molecular formula is C33H39ClFN3O3. The van der Waals surface area contributed by atoms with Crippen LogP contribution in [0.15, 0.2) is 60.8 Å². The number of ether oxygens (including phenoxy) is 1. The van der Waals surface area contributed by atoms with Gasteiger partial charge in [0.2, 0.25) is 5.88 Å². The van der Waals surface area contributed by atoms with Gasteiger partial charge < -0.3 is 20.5 Å². The molecular weight excluding hydrogens is 541 g/mol. The molecule has 1 spiro atoms. The monoisotopic (exact) mass is 579 g/mol. The van der Waals surface area contributed by atoms with E-state index in [9.17, 15) is 14.3 Å². The number of carbonyl (C=O) groups excluding carboxylic acids is 1. The van der Waals surface area contributed by atoms with Crippen molar-refractivity contribution < 1.29 is 19.0 Å². The summed E-state index contributed by atoms with van der Waals surface area (Å²) in [5.41, 5.74) is 2.83. The summed E-state index contributed by atoms with van der Waals surface area (Å²) in [5.74, 6) is -0.627. The normalized spacial score (nSPS) is 19.0. The number of amides is 1. The molecule has 1 amide bonds. The fourth-order valence-corrected chi connectivity index (χ4v) is 5.99. The summed E-state index contributed by atoms with van der Waals surface area (Å²) >= 11 is 6.03. The molecule has 2 aromatic carbocycles. The van der Waals surface area contributed by atoms with Gasteiger partial charge in [-0.05, 0) is 72.9 Å². The number of hydrogen-bond donors (Lipinski definition) is 3. The van der Waals surface area contributed by atoms with Gasteiger partial charge in [0.15, 0.2) is 0 Å². The number of aliphatic hydroxyl groups is 1. The Labute approximate surface area is 246 Å². The van der Waals surface area contributed by atoms with E-state index in [1.54, 1.807) is 0 Å². The van der Waals surface area contributed by atoms with Crippen molar-refractivity contribution in [2.24, 2.45) is 5.41 Å². The van der Waals surface area contributed by atoms with Gasteiger partial charge in [-0.3, -0.25) is 4.79 Å². The van der Waals surface area contributed by atoms with Crippen molar-refractivity contribution >= 4 is 17.5 Å². The van der Waals surface area contributed by atoms with E-state index < -0.39 is 23.9 Å². The van der Waals surface area contributed by atoms with Gasteiger partial charge in [0.05, 0.1) is 17.7 Å². The quantitative estimate of drug-likeness (QED) is 0.281. The Hall–Kier alpha value is -3.00. The fourth-order valence-electron chi connectivity index (χ4n) is 5.82. The first-order valence-corrected chi connectivity index (χ1v) is 14.8. The summed E-state index contributed by atoms with van der Waals surface area (Å²) in [6.07, 6.45) is 6.11. The van der Waals surface area contributed by atoms with Crippen molar-refractivity contribution in [2.45, 2.75) is 83.1 Å². The average Bonchev–Trinajstić information content (AvgIpc) is 2.91. The third-order valence-electron chi connectivity index (χ3n) is 8.03. The summed E-state index contributed by atoms with van der Waals surface area (Å²) in [5, 5.41) is 18.1. The number of benzene rings is 2. The molecule has 5 rings (SSSR count). The zero-order valence-electron chi connectivity index (χ0n) is 23.9. The number of halogens is 2. The van der Waals surface area contributed by atoms with E-state index >= 15 is 0 Å². The van der Waals surface area contributed by atoms with Crippen molar-refractivity contribution in [1.82, 2.24) is 15.6 Å². The lowest BCUT2D eigenvalue weighted by Crippen LogP contribution is -2.52. The molecule has 3 atom stereocenters. The molecule has 218 valence electrons. The minimum absolute atomic E-state index is 0.0560. The maximum Gasteiger partial charge on any atom is 0.254 e. The van der Waals surface area contributed by atoms with E-state index in [0.717, 1.165) is 48.8 Å². The largest absolute Gasteiger partial charge is 0.471 e. The molecule has 1 aliphatic carbocycles. The molecule has 8 heteroatoms. The molecule has 0 radical (unpaired) electrons. The molecule has 2 aliphatic rings. The van der Waals surface area contributed by atoms with Crippen LogP contribution in [0.25, 0.3) is 0 Å². The SMILES string of the molecule is CC(C)(C)Cc1cnc2c(c1)[C@@H](NC[C@@H](O)[C@H](Cc1ccccc1)NC(=O)c1cc(Cl)ccc1F)CC1(CCC1)O2. The van der Waals surface area contributed by atoms with Crippen LogP contribution in [-0.4, -0.2) is 40.3 Å². The highest BCUT2D eigenvalue weighted by molar-refractivity contribution is 6.31. The van der Waals surface area contributed by atoms with E-state index in [1.165, 1.54) is 18.2 Å². The Bertz CT molecular complexity index is 1370. The molecule has 41 heavy (non-hydrogen) atoms. The highest BCUT2D eigenvalue weighted by atomic mass is 35.5. The Morgan fingerprint density at radius 2 is 1.93 bits per heavy atom. The highest BCUT2D eigenvalue weighted by Gasteiger charge is 2.46. The van der Waals surface area contributed by atoms with E-state index in [1.807, 2.05) is 36.5 Å². The van der Waals surface area contributed by atoms with Gasteiger partial charge in [0, 0.05) is 35.8 Å². The maximum atomic E-state index is 14.5. The number of nitrogens with zero attached hydrogens (tertiary/aromatic N) is 1. The Balaban J connectivity index is 1.35. The summed E-state index contributed by atoms with van der Waals surface area (Å²) in [7, 11) is 0. The topological polar surface area (TPSA) is 83.5 Å². The minimum Gasteiger partial charge on any atom is -0.471 e. The van der Waals surface area contributed by atoms with Gasteiger partial charge in [0.1, 0.15) is 11.4 Å². The van der Waals surface area contributed by atoms with Gasteiger partial charge in [-0.2, -0.15) is 0 Å². The Morgan fingerprint density at radius 3 is 2.61 bits per heavy atom. The number of aromatic nitrogens is 1.